The van der Waals surface area contributed by atoms with Gasteiger partial charge in [0.25, 0.3) is 0 Å². The number of hydrogen-bond acceptors (Lipinski definition) is 7. The predicted octanol–water partition coefficient (Wildman–Crippen LogP) is 4.17. The lowest BCUT2D eigenvalue weighted by Crippen LogP contribution is -2.32. The van der Waals surface area contributed by atoms with Crippen molar-refractivity contribution < 1.29 is 17.9 Å². The van der Waals surface area contributed by atoms with Crippen molar-refractivity contribution >= 4 is 34.0 Å². The monoisotopic (exact) mass is 446 g/mol. The number of rotatable bonds is 6. The van der Waals surface area contributed by atoms with Crippen LogP contribution in [0.4, 0.5) is 36.3 Å². The van der Waals surface area contributed by atoms with Gasteiger partial charge in [-0.3, -0.25) is 0 Å². The molecule has 7 nitrogen and oxygen atoms in total. The third-order valence-electron chi connectivity index (χ3n) is 5.41. The van der Waals surface area contributed by atoms with E-state index in [1.165, 1.54) is 6.07 Å². The van der Waals surface area contributed by atoms with Crippen LogP contribution in [-0.4, -0.2) is 42.8 Å². The summed E-state index contributed by atoms with van der Waals surface area (Å²) in [6.45, 7) is 4.51. The number of nitrogen functional groups attached to an aromatic ring is 1. The Morgan fingerprint density at radius 3 is 2.75 bits per heavy atom. The number of likely N-dealkylation sites (N-methyl/N-ethyl adjacent to an activating group) is 1. The molecule has 1 aliphatic heterocycles. The third-order valence-corrected chi connectivity index (χ3v) is 5.41. The Bertz CT molecular complexity index is 1120. The summed E-state index contributed by atoms with van der Waals surface area (Å²) < 4.78 is 45.1. The fourth-order valence-corrected chi connectivity index (χ4v) is 4.00. The molecule has 2 heterocycles. The maximum atomic E-state index is 13.2. The Hall–Kier alpha value is -3.27. The normalized spacial score (nSPS) is 16.5. The topological polar surface area (TPSA) is 88.3 Å². The van der Waals surface area contributed by atoms with Gasteiger partial charge in [-0.05, 0) is 43.3 Å². The molecule has 0 spiro atoms. The van der Waals surface area contributed by atoms with Crippen molar-refractivity contribution in [1.29, 1.82) is 0 Å². The number of hydrogen-bond donors (Lipinski definition) is 3. The Labute approximate surface area is 183 Å². The Kier molecular flexibility index (Phi) is 5.96. The van der Waals surface area contributed by atoms with Gasteiger partial charge in [0.15, 0.2) is 0 Å². The van der Waals surface area contributed by atoms with Gasteiger partial charge < -0.3 is 26.0 Å². The number of para-hydroxylation sites is 1. The van der Waals surface area contributed by atoms with Crippen molar-refractivity contribution in [3.8, 4) is 5.75 Å². The number of nitrogens with zero attached hydrogens (tertiary/aromatic N) is 3. The van der Waals surface area contributed by atoms with Crippen LogP contribution in [0, 0.1) is 0 Å². The van der Waals surface area contributed by atoms with Crippen molar-refractivity contribution in [2.24, 2.45) is 0 Å². The first-order valence-corrected chi connectivity index (χ1v) is 10.4. The molecule has 0 amide bonds. The van der Waals surface area contributed by atoms with Crippen molar-refractivity contribution in [1.82, 2.24) is 15.3 Å². The van der Waals surface area contributed by atoms with E-state index in [-0.39, 0.29) is 17.3 Å². The standard InChI is InChI=1S/C22H25F3N6O/c1-3-27-15-7-8-31(12-15)20-17-5-4-6-18(32-2)19(17)29-21(30-20)28-16-10-13(22(23,24)25)9-14(26)11-16/h4-6,9-11,15,27H,3,7-8,12,26H2,1-2H3,(H,28,29,30). The fourth-order valence-electron chi connectivity index (χ4n) is 4.00. The molecule has 1 aliphatic rings. The minimum Gasteiger partial charge on any atom is -0.494 e. The lowest BCUT2D eigenvalue weighted by atomic mass is 10.1. The number of nitrogens with two attached hydrogens (primary N) is 1. The highest BCUT2D eigenvalue weighted by molar-refractivity contribution is 5.94. The smallest absolute Gasteiger partial charge is 0.416 e. The number of methoxy groups -OCH3 is 1. The van der Waals surface area contributed by atoms with Crippen LogP contribution in [-0.2, 0) is 6.18 Å². The molecular formula is C22H25F3N6O. The summed E-state index contributed by atoms with van der Waals surface area (Å²) >= 11 is 0. The van der Waals surface area contributed by atoms with Crippen LogP contribution in [0.2, 0.25) is 0 Å². The number of alkyl halides is 3. The Morgan fingerprint density at radius 1 is 1.22 bits per heavy atom. The minimum atomic E-state index is -4.51. The largest absolute Gasteiger partial charge is 0.494 e. The van der Waals surface area contributed by atoms with Gasteiger partial charge in [-0.25, -0.2) is 4.98 Å². The summed E-state index contributed by atoms with van der Waals surface area (Å²) in [5.41, 5.74) is 5.59. The molecule has 4 N–H and O–H groups in total. The molecule has 1 aromatic heterocycles. The van der Waals surface area contributed by atoms with E-state index in [4.69, 9.17) is 10.5 Å². The molecule has 1 fully saturated rings. The lowest BCUT2D eigenvalue weighted by molar-refractivity contribution is -0.137. The molecule has 170 valence electrons. The van der Waals surface area contributed by atoms with Gasteiger partial charge in [0.1, 0.15) is 17.1 Å². The molecule has 0 bridgehead atoms. The van der Waals surface area contributed by atoms with Crippen LogP contribution in [0.3, 0.4) is 0 Å². The quantitative estimate of drug-likeness (QED) is 0.490. The average Bonchev–Trinajstić information content (AvgIpc) is 3.20. The SMILES string of the molecule is CCNC1CCN(c2nc(Nc3cc(N)cc(C(F)(F)F)c3)nc3c(OC)cccc23)C1. The van der Waals surface area contributed by atoms with Crippen molar-refractivity contribution in [3.05, 3.63) is 42.0 Å². The summed E-state index contributed by atoms with van der Waals surface area (Å²) in [6, 6.07) is 9.22. The van der Waals surface area contributed by atoms with E-state index in [9.17, 15) is 13.2 Å². The molecule has 1 atom stereocenters. The summed E-state index contributed by atoms with van der Waals surface area (Å²) in [5.74, 6) is 1.43. The molecule has 32 heavy (non-hydrogen) atoms. The number of halogens is 3. The van der Waals surface area contributed by atoms with Crippen LogP contribution in [0.15, 0.2) is 36.4 Å². The average molecular weight is 446 g/mol. The molecule has 0 radical (unpaired) electrons. The highest BCUT2D eigenvalue weighted by Crippen LogP contribution is 2.35. The molecule has 1 saturated heterocycles. The Morgan fingerprint density at radius 2 is 2.03 bits per heavy atom. The van der Waals surface area contributed by atoms with Gasteiger partial charge in [-0.1, -0.05) is 13.0 Å². The predicted molar refractivity (Wildman–Crippen MR) is 120 cm³/mol. The van der Waals surface area contributed by atoms with Crippen LogP contribution in [0.5, 0.6) is 5.75 Å². The summed E-state index contributed by atoms with van der Waals surface area (Å²) in [5, 5.41) is 7.17. The zero-order chi connectivity index (χ0) is 22.9. The van der Waals surface area contributed by atoms with E-state index >= 15 is 0 Å². The third kappa shape index (κ3) is 4.50. The van der Waals surface area contributed by atoms with Gasteiger partial charge in [0, 0.05) is 35.9 Å². The number of anilines is 4. The van der Waals surface area contributed by atoms with Gasteiger partial charge in [-0.2, -0.15) is 18.2 Å². The van der Waals surface area contributed by atoms with Gasteiger partial charge >= 0.3 is 6.18 Å². The maximum absolute atomic E-state index is 13.2. The number of ether oxygens (including phenoxy) is 1. The summed E-state index contributed by atoms with van der Waals surface area (Å²) in [7, 11) is 1.55. The molecule has 0 aliphatic carbocycles. The van der Waals surface area contributed by atoms with Crippen LogP contribution in [0.25, 0.3) is 10.9 Å². The van der Waals surface area contributed by atoms with Crippen molar-refractivity contribution in [2.75, 3.05) is 42.7 Å². The van der Waals surface area contributed by atoms with Crippen LogP contribution >= 0.6 is 0 Å². The van der Waals surface area contributed by atoms with E-state index in [0.717, 1.165) is 43.6 Å². The maximum Gasteiger partial charge on any atom is 0.416 e. The van der Waals surface area contributed by atoms with Gasteiger partial charge in [-0.15, -0.1) is 0 Å². The fraction of sp³-hybridized carbons (Fsp3) is 0.364. The molecule has 0 saturated carbocycles. The lowest BCUT2D eigenvalue weighted by Gasteiger charge is -2.21. The molecule has 10 heteroatoms. The number of benzene rings is 2. The molecule has 2 aromatic carbocycles. The zero-order valence-corrected chi connectivity index (χ0v) is 17.8. The summed E-state index contributed by atoms with van der Waals surface area (Å²) in [6.07, 6.45) is -3.54. The van der Waals surface area contributed by atoms with E-state index in [1.54, 1.807) is 13.2 Å². The van der Waals surface area contributed by atoms with E-state index in [0.29, 0.717) is 23.1 Å². The van der Waals surface area contributed by atoms with Crippen molar-refractivity contribution in [2.45, 2.75) is 25.6 Å². The van der Waals surface area contributed by atoms with Gasteiger partial charge in [0.2, 0.25) is 5.95 Å². The molecule has 3 aromatic rings. The molecule has 1 unspecified atom stereocenters. The van der Waals surface area contributed by atoms with Crippen LogP contribution < -0.4 is 26.0 Å². The number of aromatic nitrogens is 2. The van der Waals surface area contributed by atoms with E-state index in [2.05, 4.69) is 32.4 Å². The first kappa shape index (κ1) is 21.9. The molecule has 4 rings (SSSR count). The first-order valence-electron chi connectivity index (χ1n) is 10.4. The zero-order valence-electron chi connectivity index (χ0n) is 17.8. The summed E-state index contributed by atoms with van der Waals surface area (Å²) in [4.78, 5) is 11.4. The second-order valence-corrected chi connectivity index (χ2v) is 7.68. The van der Waals surface area contributed by atoms with Crippen LogP contribution in [0.1, 0.15) is 18.9 Å². The molecular weight excluding hydrogens is 421 g/mol. The highest BCUT2D eigenvalue weighted by Gasteiger charge is 2.31. The highest BCUT2D eigenvalue weighted by atomic mass is 19.4. The minimum absolute atomic E-state index is 0.00561. The van der Waals surface area contributed by atoms with Gasteiger partial charge in [0.05, 0.1) is 12.7 Å². The second kappa shape index (κ2) is 8.70. The Balaban J connectivity index is 1.77. The van der Waals surface area contributed by atoms with E-state index < -0.39 is 11.7 Å². The number of fused-ring (bicyclic) bond motifs is 1. The van der Waals surface area contributed by atoms with Crippen molar-refractivity contribution in [3.63, 3.8) is 0 Å². The number of nitrogens with one attached hydrogen (secondary N) is 2. The first-order chi connectivity index (χ1) is 15.3. The van der Waals surface area contributed by atoms with E-state index in [1.807, 2.05) is 12.1 Å². The second-order valence-electron chi connectivity index (χ2n) is 7.68.